The van der Waals surface area contributed by atoms with E-state index in [-0.39, 0.29) is 24.0 Å². The molecule has 0 atom stereocenters. The molecule has 0 unspecified atom stereocenters. The number of guanidine groups is 1. The normalized spacial score (nSPS) is 14.2. The van der Waals surface area contributed by atoms with Crippen LogP contribution in [0.5, 0.6) is 0 Å². The Balaban J connectivity index is 0.00000220. The van der Waals surface area contributed by atoms with Crippen LogP contribution >= 0.6 is 24.0 Å². The second kappa shape index (κ2) is 9.12. The summed E-state index contributed by atoms with van der Waals surface area (Å²) in [6.07, 6.45) is 3.54. The zero-order valence-corrected chi connectivity index (χ0v) is 15.6. The Morgan fingerprint density at radius 1 is 1.33 bits per heavy atom. The number of hydrogen-bond acceptors (Lipinski definition) is 2. The van der Waals surface area contributed by atoms with Gasteiger partial charge in [0.1, 0.15) is 0 Å². The maximum Gasteiger partial charge on any atom is 0.191 e. The molecule has 2 N–H and O–H groups in total. The maximum absolute atomic E-state index is 4.23. The Kier molecular flexibility index (Phi) is 7.85. The minimum Gasteiger partial charge on any atom is -0.374 e. The molecule has 1 heterocycles. The minimum atomic E-state index is 0. The van der Waals surface area contributed by atoms with E-state index in [0.717, 1.165) is 32.0 Å². The fourth-order valence-corrected chi connectivity index (χ4v) is 2.60. The van der Waals surface area contributed by atoms with Crippen LogP contribution in [0.25, 0.3) is 0 Å². The van der Waals surface area contributed by atoms with Crippen LogP contribution in [-0.4, -0.2) is 33.1 Å². The summed E-state index contributed by atoms with van der Waals surface area (Å²) in [7, 11) is 3.99. The first kappa shape index (κ1) is 18.1. The first-order chi connectivity index (χ1) is 9.74. The van der Waals surface area contributed by atoms with Gasteiger partial charge in [0.25, 0.3) is 0 Å². The summed E-state index contributed by atoms with van der Waals surface area (Å²) in [5.41, 5.74) is 4.17. The van der Waals surface area contributed by atoms with Crippen LogP contribution in [-0.2, 0) is 13.0 Å². The number of nitrogens with zero attached hydrogens (tertiary/aromatic N) is 2. The van der Waals surface area contributed by atoms with Crippen LogP contribution in [0.2, 0.25) is 0 Å². The molecule has 0 bridgehead atoms. The van der Waals surface area contributed by atoms with Gasteiger partial charge in [-0.1, -0.05) is 19.1 Å². The fraction of sp³-hybridized carbons (Fsp3) is 0.562. The summed E-state index contributed by atoms with van der Waals surface area (Å²) >= 11 is 0. The number of benzene rings is 1. The topological polar surface area (TPSA) is 39.7 Å². The third-order valence-electron chi connectivity index (χ3n) is 3.72. The molecule has 0 fully saturated rings. The van der Waals surface area contributed by atoms with E-state index in [9.17, 15) is 0 Å². The van der Waals surface area contributed by atoms with Crippen molar-refractivity contribution in [3.05, 3.63) is 29.3 Å². The molecule has 2 rings (SSSR count). The molecular formula is C16H27IN4. The summed E-state index contributed by atoms with van der Waals surface area (Å²) < 4.78 is 0. The zero-order chi connectivity index (χ0) is 14.4. The van der Waals surface area contributed by atoms with E-state index >= 15 is 0 Å². The standard InChI is InChI=1S/C16H26N4.HI/c1-4-9-18-16(17-2)19-12-13-7-8-15-14(11-13)6-5-10-20(15)3;/h7-8,11H,4-6,9-10,12H2,1-3H3,(H2,17,18,19);1H. The van der Waals surface area contributed by atoms with E-state index in [4.69, 9.17) is 0 Å². The molecule has 118 valence electrons. The maximum atomic E-state index is 4.23. The highest BCUT2D eigenvalue weighted by Crippen LogP contribution is 2.26. The highest BCUT2D eigenvalue weighted by Gasteiger charge is 2.13. The lowest BCUT2D eigenvalue weighted by Gasteiger charge is -2.28. The summed E-state index contributed by atoms with van der Waals surface area (Å²) in [6.45, 7) is 5.09. The van der Waals surface area contributed by atoms with Gasteiger partial charge in [0.15, 0.2) is 5.96 Å². The van der Waals surface area contributed by atoms with Gasteiger partial charge in [0.05, 0.1) is 0 Å². The van der Waals surface area contributed by atoms with E-state index in [1.54, 1.807) is 0 Å². The van der Waals surface area contributed by atoms with Crippen LogP contribution in [0.4, 0.5) is 5.69 Å². The van der Waals surface area contributed by atoms with Crippen molar-refractivity contribution in [2.75, 3.05) is 32.1 Å². The lowest BCUT2D eigenvalue weighted by atomic mass is 9.99. The van der Waals surface area contributed by atoms with Crippen molar-refractivity contribution in [2.45, 2.75) is 32.7 Å². The molecule has 1 aliphatic rings. The van der Waals surface area contributed by atoms with Gasteiger partial charge in [0, 0.05) is 39.4 Å². The molecule has 21 heavy (non-hydrogen) atoms. The summed E-state index contributed by atoms with van der Waals surface area (Å²) in [5.74, 6) is 0.877. The van der Waals surface area contributed by atoms with Gasteiger partial charge >= 0.3 is 0 Å². The molecule has 0 spiro atoms. The van der Waals surface area contributed by atoms with Crippen LogP contribution < -0.4 is 15.5 Å². The van der Waals surface area contributed by atoms with Crippen molar-refractivity contribution >= 4 is 35.6 Å². The Morgan fingerprint density at radius 3 is 2.86 bits per heavy atom. The molecule has 0 aliphatic carbocycles. The third-order valence-corrected chi connectivity index (χ3v) is 3.72. The van der Waals surface area contributed by atoms with Gasteiger partial charge in [0.2, 0.25) is 0 Å². The van der Waals surface area contributed by atoms with Crippen LogP contribution in [0, 0.1) is 0 Å². The van der Waals surface area contributed by atoms with E-state index in [2.05, 4.69) is 52.7 Å². The molecule has 1 aromatic rings. The number of nitrogens with one attached hydrogen (secondary N) is 2. The van der Waals surface area contributed by atoms with Gasteiger partial charge in [-0.15, -0.1) is 24.0 Å². The van der Waals surface area contributed by atoms with Crippen LogP contribution in [0.1, 0.15) is 30.9 Å². The molecule has 0 amide bonds. The number of fused-ring (bicyclic) bond motifs is 1. The largest absolute Gasteiger partial charge is 0.374 e. The smallest absolute Gasteiger partial charge is 0.191 e. The second-order valence-electron chi connectivity index (χ2n) is 5.34. The molecule has 4 nitrogen and oxygen atoms in total. The van der Waals surface area contributed by atoms with E-state index in [0.29, 0.717) is 0 Å². The molecule has 0 saturated heterocycles. The van der Waals surface area contributed by atoms with Crippen molar-refractivity contribution in [1.29, 1.82) is 0 Å². The molecule has 1 aromatic carbocycles. The third kappa shape index (κ3) is 5.05. The van der Waals surface area contributed by atoms with Crippen molar-refractivity contribution in [2.24, 2.45) is 4.99 Å². The number of aryl methyl sites for hydroxylation is 1. The van der Waals surface area contributed by atoms with Gasteiger partial charge in [-0.05, 0) is 36.5 Å². The molecular weight excluding hydrogens is 375 g/mol. The van der Waals surface area contributed by atoms with Crippen molar-refractivity contribution < 1.29 is 0 Å². The Bertz CT molecular complexity index is 473. The van der Waals surface area contributed by atoms with Crippen LogP contribution in [0.3, 0.4) is 0 Å². The number of aliphatic imine (C=N–C) groups is 1. The first-order valence-corrected chi connectivity index (χ1v) is 7.52. The second-order valence-corrected chi connectivity index (χ2v) is 5.34. The monoisotopic (exact) mass is 402 g/mol. The SMILES string of the molecule is CCCNC(=NC)NCc1ccc2c(c1)CCCN2C.I. The predicted octanol–water partition coefficient (Wildman–Crippen LogP) is 2.76. The van der Waals surface area contributed by atoms with Crippen molar-refractivity contribution in [3.63, 3.8) is 0 Å². The van der Waals surface area contributed by atoms with Gasteiger partial charge in [-0.3, -0.25) is 4.99 Å². The number of hydrogen-bond donors (Lipinski definition) is 2. The van der Waals surface area contributed by atoms with E-state index in [1.807, 2.05) is 7.05 Å². The molecule has 5 heteroatoms. The lowest BCUT2D eigenvalue weighted by molar-refractivity contribution is 0.740. The van der Waals surface area contributed by atoms with Crippen LogP contribution in [0.15, 0.2) is 23.2 Å². The van der Waals surface area contributed by atoms with Gasteiger partial charge in [-0.25, -0.2) is 0 Å². The average Bonchev–Trinajstić information content (AvgIpc) is 2.47. The van der Waals surface area contributed by atoms with E-state index < -0.39 is 0 Å². The number of halogens is 1. The Morgan fingerprint density at radius 2 is 2.14 bits per heavy atom. The molecule has 0 radical (unpaired) electrons. The Hall–Kier alpha value is -0.980. The number of rotatable bonds is 4. The highest BCUT2D eigenvalue weighted by atomic mass is 127. The molecule has 0 saturated carbocycles. The highest BCUT2D eigenvalue weighted by molar-refractivity contribution is 14.0. The van der Waals surface area contributed by atoms with Gasteiger partial charge in [-0.2, -0.15) is 0 Å². The van der Waals surface area contributed by atoms with Crippen molar-refractivity contribution in [1.82, 2.24) is 10.6 Å². The lowest BCUT2D eigenvalue weighted by Crippen LogP contribution is -2.37. The Labute approximate surface area is 145 Å². The quantitative estimate of drug-likeness (QED) is 0.462. The van der Waals surface area contributed by atoms with Crippen molar-refractivity contribution in [3.8, 4) is 0 Å². The summed E-state index contributed by atoms with van der Waals surface area (Å²) in [6, 6.07) is 6.78. The predicted molar refractivity (Wildman–Crippen MR) is 102 cm³/mol. The summed E-state index contributed by atoms with van der Waals surface area (Å²) in [5, 5.41) is 6.65. The zero-order valence-electron chi connectivity index (χ0n) is 13.3. The molecule has 1 aliphatic heterocycles. The van der Waals surface area contributed by atoms with E-state index in [1.165, 1.54) is 29.7 Å². The van der Waals surface area contributed by atoms with Gasteiger partial charge < -0.3 is 15.5 Å². The molecule has 0 aromatic heterocycles. The number of anilines is 1. The summed E-state index contributed by atoms with van der Waals surface area (Å²) in [4.78, 5) is 6.57. The average molecular weight is 402 g/mol. The first-order valence-electron chi connectivity index (χ1n) is 7.52. The fourth-order valence-electron chi connectivity index (χ4n) is 2.60. The minimum absolute atomic E-state index is 0.